The minimum absolute atomic E-state index is 0.0647. The van der Waals surface area contributed by atoms with E-state index in [2.05, 4.69) is 14.9 Å². The van der Waals surface area contributed by atoms with Crippen molar-refractivity contribution in [1.29, 1.82) is 0 Å². The summed E-state index contributed by atoms with van der Waals surface area (Å²) in [4.78, 5) is 21.8. The van der Waals surface area contributed by atoms with Gasteiger partial charge in [0, 0.05) is 48.7 Å². The molecular formula is C23H20F2N4O4. The molecule has 0 saturated carbocycles. The van der Waals surface area contributed by atoms with Crippen LogP contribution in [0.1, 0.15) is 20.7 Å². The molecule has 0 spiro atoms. The molecule has 4 rings (SSSR count). The molecule has 2 heterocycles. The Balaban J connectivity index is 0.000000186. The molecule has 1 N–H and O–H groups in total. The molecule has 0 bridgehead atoms. The van der Waals surface area contributed by atoms with E-state index in [1.54, 1.807) is 48.1 Å². The summed E-state index contributed by atoms with van der Waals surface area (Å²) in [5.74, 6) is -2.73. The molecule has 2 aromatic heterocycles. The molecule has 33 heavy (non-hydrogen) atoms. The average Bonchev–Trinajstić information content (AvgIpc) is 3.41. The smallest absolute Gasteiger partial charge is 0.337 e. The van der Waals surface area contributed by atoms with E-state index in [9.17, 15) is 18.4 Å². The van der Waals surface area contributed by atoms with E-state index in [4.69, 9.17) is 5.11 Å². The van der Waals surface area contributed by atoms with Gasteiger partial charge in [-0.1, -0.05) is 12.1 Å². The molecular weight excluding hydrogens is 434 g/mol. The van der Waals surface area contributed by atoms with Gasteiger partial charge in [0.15, 0.2) is 0 Å². The van der Waals surface area contributed by atoms with Crippen LogP contribution in [0.5, 0.6) is 0 Å². The molecule has 0 amide bonds. The minimum atomic E-state index is -1.14. The van der Waals surface area contributed by atoms with Crippen LogP contribution < -0.4 is 0 Å². The van der Waals surface area contributed by atoms with Gasteiger partial charge in [-0.3, -0.25) is 9.36 Å². The van der Waals surface area contributed by atoms with Crippen LogP contribution in [0.25, 0.3) is 22.3 Å². The van der Waals surface area contributed by atoms with Gasteiger partial charge in [0.1, 0.15) is 11.6 Å². The number of ether oxygens (including phenoxy) is 1. The highest BCUT2D eigenvalue weighted by atomic mass is 19.1. The highest BCUT2D eigenvalue weighted by Gasteiger charge is 2.12. The largest absolute Gasteiger partial charge is 0.478 e. The Morgan fingerprint density at radius 2 is 1.30 bits per heavy atom. The van der Waals surface area contributed by atoms with Crippen molar-refractivity contribution in [2.24, 2.45) is 14.1 Å². The number of halogens is 2. The third kappa shape index (κ3) is 5.48. The minimum Gasteiger partial charge on any atom is -0.478 e. The Hall–Kier alpha value is -4.34. The lowest BCUT2D eigenvalue weighted by atomic mass is 10.1. The summed E-state index contributed by atoms with van der Waals surface area (Å²) in [6.07, 6.45) is 6.46. The Morgan fingerprint density at radius 1 is 0.848 bits per heavy atom. The molecule has 0 saturated heterocycles. The summed E-state index contributed by atoms with van der Waals surface area (Å²) in [7, 11) is 4.74. The topological polar surface area (TPSA) is 99.2 Å². The van der Waals surface area contributed by atoms with Gasteiger partial charge in [-0.2, -0.15) is 10.2 Å². The Bertz CT molecular complexity index is 1310. The maximum Gasteiger partial charge on any atom is 0.337 e. The summed E-state index contributed by atoms with van der Waals surface area (Å²) >= 11 is 0. The SMILES string of the molecule is COC(=O)c1ccc(-c2cnn(C)c2)c(F)c1.Cn1cc(-c2ccc(C(=O)O)cc2F)cn1. The molecule has 170 valence electrons. The van der Waals surface area contributed by atoms with Crippen LogP contribution in [-0.2, 0) is 18.8 Å². The number of aromatic nitrogens is 4. The number of carboxylic acids is 1. The number of aromatic carboxylic acids is 1. The molecule has 0 aliphatic heterocycles. The number of hydrogen-bond donors (Lipinski definition) is 1. The summed E-state index contributed by atoms with van der Waals surface area (Å²) < 4.78 is 35.1. The third-order valence-electron chi connectivity index (χ3n) is 4.64. The maximum atomic E-state index is 13.8. The Kier molecular flexibility index (Phi) is 6.97. The first-order valence-corrected chi connectivity index (χ1v) is 9.58. The van der Waals surface area contributed by atoms with Crippen LogP contribution >= 0.6 is 0 Å². The first kappa shape index (κ1) is 23.3. The zero-order valence-electron chi connectivity index (χ0n) is 18.0. The zero-order valence-corrected chi connectivity index (χ0v) is 18.0. The van der Waals surface area contributed by atoms with Crippen LogP contribution in [0.15, 0.2) is 61.2 Å². The Labute approximate surface area is 187 Å². The molecule has 0 radical (unpaired) electrons. The second kappa shape index (κ2) is 9.86. The standard InChI is InChI=1S/C12H11FN2O2.C11H9FN2O2/c1-15-7-9(6-14-15)10-4-3-8(5-11(10)13)12(16)17-2;1-14-6-8(5-13-14)9-3-2-7(11(15)16)4-10(9)12/h3-7H,1-2H3;2-6H,1H3,(H,15,16). The van der Waals surface area contributed by atoms with Gasteiger partial charge in [-0.25, -0.2) is 18.4 Å². The van der Waals surface area contributed by atoms with Crippen LogP contribution in [0, 0.1) is 11.6 Å². The lowest BCUT2D eigenvalue weighted by molar-refractivity contribution is 0.0599. The molecule has 0 atom stereocenters. The normalized spacial score (nSPS) is 10.3. The molecule has 2 aromatic carbocycles. The molecule has 0 aliphatic rings. The monoisotopic (exact) mass is 454 g/mol. The number of methoxy groups -OCH3 is 1. The molecule has 0 aliphatic carbocycles. The zero-order chi connectivity index (χ0) is 24.1. The lowest BCUT2D eigenvalue weighted by Crippen LogP contribution is -2.01. The second-order valence-corrected chi connectivity index (χ2v) is 6.99. The van der Waals surface area contributed by atoms with Crippen LogP contribution in [-0.4, -0.2) is 43.7 Å². The lowest BCUT2D eigenvalue weighted by Gasteiger charge is -2.03. The van der Waals surface area contributed by atoms with Gasteiger partial charge in [-0.05, 0) is 24.3 Å². The summed E-state index contributed by atoms with van der Waals surface area (Å²) in [6, 6.07) is 8.04. The molecule has 4 aromatic rings. The number of nitrogens with zero attached hydrogens (tertiary/aromatic N) is 4. The fourth-order valence-corrected chi connectivity index (χ4v) is 3.00. The fourth-order valence-electron chi connectivity index (χ4n) is 3.00. The first-order valence-electron chi connectivity index (χ1n) is 9.58. The number of benzene rings is 2. The van der Waals surface area contributed by atoms with Crippen molar-refractivity contribution in [2.75, 3.05) is 7.11 Å². The van der Waals surface area contributed by atoms with Crippen LogP contribution in [0.3, 0.4) is 0 Å². The van der Waals surface area contributed by atoms with E-state index in [0.717, 1.165) is 12.1 Å². The van der Waals surface area contributed by atoms with Crippen molar-refractivity contribution in [3.8, 4) is 22.3 Å². The number of esters is 1. The van der Waals surface area contributed by atoms with Crippen LogP contribution in [0.4, 0.5) is 8.78 Å². The number of aryl methyl sites for hydroxylation is 2. The second-order valence-electron chi connectivity index (χ2n) is 6.99. The summed E-state index contributed by atoms with van der Waals surface area (Å²) in [5.41, 5.74) is 2.17. The number of hydrogen-bond acceptors (Lipinski definition) is 5. The maximum absolute atomic E-state index is 13.8. The molecule has 0 unspecified atom stereocenters. The van der Waals surface area contributed by atoms with Gasteiger partial charge in [0.2, 0.25) is 0 Å². The van der Waals surface area contributed by atoms with Crippen molar-refractivity contribution < 1.29 is 28.2 Å². The number of carbonyl (C=O) groups is 2. The predicted octanol–water partition coefficient (Wildman–Crippen LogP) is 3.94. The van der Waals surface area contributed by atoms with Crippen molar-refractivity contribution in [3.63, 3.8) is 0 Å². The van der Waals surface area contributed by atoms with E-state index < -0.39 is 23.6 Å². The number of rotatable bonds is 4. The Morgan fingerprint density at radius 3 is 1.67 bits per heavy atom. The quantitative estimate of drug-likeness (QED) is 0.469. The number of carbonyl (C=O) groups excluding carboxylic acids is 1. The van der Waals surface area contributed by atoms with E-state index in [0.29, 0.717) is 22.3 Å². The fraction of sp³-hybridized carbons (Fsp3) is 0.130. The van der Waals surface area contributed by atoms with Crippen molar-refractivity contribution in [2.45, 2.75) is 0 Å². The van der Waals surface area contributed by atoms with Crippen molar-refractivity contribution >= 4 is 11.9 Å². The number of carboxylic acid groups (broad SMARTS) is 1. The van der Waals surface area contributed by atoms with Gasteiger partial charge >= 0.3 is 11.9 Å². The van der Waals surface area contributed by atoms with Gasteiger partial charge in [-0.15, -0.1) is 0 Å². The van der Waals surface area contributed by atoms with Gasteiger partial charge in [0.25, 0.3) is 0 Å². The summed E-state index contributed by atoms with van der Waals surface area (Å²) in [5, 5.41) is 16.6. The van der Waals surface area contributed by atoms with E-state index in [1.807, 2.05) is 0 Å². The van der Waals surface area contributed by atoms with Gasteiger partial charge in [0.05, 0.1) is 30.6 Å². The van der Waals surface area contributed by atoms with Crippen molar-refractivity contribution in [1.82, 2.24) is 19.6 Å². The molecule has 8 nitrogen and oxygen atoms in total. The highest BCUT2D eigenvalue weighted by Crippen LogP contribution is 2.24. The third-order valence-corrected chi connectivity index (χ3v) is 4.64. The van der Waals surface area contributed by atoms with E-state index in [-0.39, 0.29) is 11.1 Å². The average molecular weight is 454 g/mol. The summed E-state index contributed by atoms with van der Waals surface area (Å²) in [6.45, 7) is 0. The van der Waals surface area contributed by atoms with E-state index in [1.165, 1.54) is 31.5 Å². The first-order chi connectivity index (χ1) is 15.7. The van der Waals surface area contributed by atoms with E-state index >= 15 is 0 Å². The molecule has 0 fully saturated rings. The van der Waals surface area contributed by atoms with Crippen LogP contribution in [0.2, 0.25) is 0 Å². The molecule has 10 heteroatoms. The highest BCUT2D eigenvalue weighted by molar-refractivity contribution is 5.90. The van der Waals surface area contributed by atoms with Gasteiger partial charge < -0.3 is 9.84 Å². The predicted molar refractivity (Wildman–Crippen MR) is 116 cm³/mol. The van der Waals surface area contributed by atoms with Crippen molar-refractivity contribution in [3.05, 3.63) is 83.9 Å².